The van der Waals surface area contributed by atoms with Gasteiger partial charge in [-0.25, -0.2) is 9.88 Å². The van der Waals surface area contributed by atoms with Crippen molar-refractivity contribution in [2.45, 2.75) is 43.4 Å². The number of amides is 2. The normalized spacial score (nSPS) is 39.4. The van der Waals surface area contributed by atoms with E-state index in [4.69, 9.17) is 10.00 Å². The van der Waals surface area contributed by atoms with Crippen molar-refractivity contribution in [3.05, 3.63) is 23.5 Å². The number of alkyl halides is 3. The second-order valence-corrected chi connectivity index (χ2v) is 7.53. The van der Waals surface area contributed by atoms with Crippen LogP contribution in [0.1, 0.15) is 25.1 Å². The van der Waals surface area contributed by atoms with Gasteiger partial charge in [0.15, 0.2) is 5.69 Å². The highest BCUT2D eigenvalue weighted by atomic mass is 19.4. The molecule has 148 valence electrons. The molecule has 3 aliphatic rings. The molecule has 4 heterocycles. The van der Waals surface area contributed by atoms with Crippen LogP contribution in [0.3, 0.4) is 0 Å². The number of fused-ring (bicyclic) bond motifs is 5. The number of hydrogen-bond donors (Lipinski definition) is 2. The first-order valence-electron chi connectivity index (χ1n) is 8.29. The average molecular weight is 397 g/mol. The fraction of sp³-hybridized carbons (Fsp3) is 0.529. The van der Waals surface area contributed by atoms with Gasteiger partial charge < -0.3 is 14.9 Å². The molecule has 2 amide bonds. The van der Waals surface area contributed by atoms with Crippen molar-refractivity contribution in [2.24, 2.45) is 11.8 Å². The Hall–Kier alpha value is -2.55. The van der Waals surface area contributed by atoms with Gasteiger partial charge in [-0.1, -0.05) is 0 Å². The van der Waals surface area contributed by atoms with Crippen LogP contribution < -0.4 is 4.90 Å². The molecule has 0 aromatic carbocycles. The third kappa shape index (κ3) is 2.02. The summed E-state index contributed by atoms with van der Waals surface area (Å²) in [7, 11) is 0. The van der Waals surface area contributed by atoms with Crippen molar-refractivity contribution in [1.82, 2.24) is 4.98 Å². The summed E-state index contributed by atoms with van der Waals surface area (Å²) >= 11 is 0. The van der Waals surface area contributed by atoms with E-state index in [1.54, 1.807) is 0 Å². The quantitative estimate of drug-likeness (QED) is 0.656. The van der Waals surface area contributed by atoms with Crippen LogP contribution in [0.5, 0.6) is 0 Å². The summed E-state index contributed by atoms with van der Waals surface area (Å²) in [6.45, 7) is 2.76. The minimum Gasteiger partial charge on any atom is -0.387 e. The third-order valence-corrected chi connectivity index (χ3v) is 6.00. The maximum absolute atomic E-state index is 13.2. The number of carbonyl (C=O) groups is 2. The van der Waals surface area contributed by atoms with Gasteiger partial charge in [-0.2, -0.15) is 18.4 Å². The molecule has 3 saturated heterocycles. The molecule has 0 saturated carbocycles. The van der Waals surface area contributed by atoms with Crippen molar-refractivity contribution in [1.29, 1.82) is 5.26 Å². The zero-order chi connectivity index (χ0) is 20.8. The van der Waals surface area contributed by atoms with Gasteiger partial charge in [0.25, 0.3) is 0 Å². The Balaban J connectivity index is 1.82. The predicted molar refractivity (Wildman–Crippen MR) is 83.3 cm³/mol. The van der Waals surface area contributed by atoms with Crippen LogP contribution in [0.15, 0.2) is 12.3 Å². The van der Waals surface area contributed by atoms with Crippen molar-refractivity contribution >= 4 is 17.5 Å². The average Bonchev–Trinajstić information content (AvgIpc) is 3.10. The molecule has 4 rings (SSSR count). The number of aliphatic hydroxyl groups is 2. The topological polar surface area (TPSA) is 124 Å². The number of halogens is 3. The lowest BCUT2D eigenvalue weighted by molar-refractivity contribution is -0.138. The number of hydrogen-bond acceptors (Lipinski definition) is 7. The van der Waals surface area contributed by atoms with Gasteiger partial charge in [0, 0.05) is 0 Å². The Morgan fingerprint density at radius 1 is 1.18 bits per heavy atom. The lowest BCUT2D eigenvalue weighted by Crippen LogP contribution is -2.57. The number of nitriles is 1. The number of anilines is 1. The Labute approximate surface area is 156 Å². The molecule has 6 atom stereocenters. The Bertz CT molecular complexity index is 922. The molecule has 2 bridgehead atoms. The molecule has 28 heavy (non-hydrogen) atoms. The highest BCUT2D eigenvalue weighted by Gasteiger charge is 2.79. The fourth-order valence-electron chi connectivity index (χ4n) is 4.68. The standard InChI is InChI=1S/C17H14F3N3O5/c1-15-9-10(16(2,28-15)12(25)11(15)24)14(27)23(13(9)26)6-3-7(17(18,19)20)8(4-21)22-5-6/h3,5,9-12,24-25H,1-2H3/t9-,10+,11-,12-,15+,16-/m1/s1. The second-order valence-electron chi connectivity index (χ2n) is 7.53. The maximum Gasteiger partial charge on any atom is 0.419 e. The van der Waals surface area contributed by atoms with Gasteiger partial charge in [-0.3, -0.25) is 9.59 Å². The number of nitrogens with zero attached hydrogens (tertiary/aromatic N) is 3. The molecular formula is C17H14F3N3O5. The SMILES string of the molecule is C[C@]12O[C@](C)([C@H](O)[C@H]1O)[C@H]1C(=O)N(c3cnc(C#N)c(C(F)(F)F)c3)C(=O)[C@H]12. The molecule has 3 aliphatic heterocycles. The molecule has 0 radical (unpaired) electrons. The number of carbonyl (C=O) groups excluding carboxylic acids is 2. The van der Waals surface area contributed by atoms with E-state index in [1.807, 2.05) is 0 Å². The fourth-order valence-corrected chi connectivity index (χ4v) is 4.68. The molecule has 2 N–H and O–H groups in total. The van der Waals surface area contributed by atoms with Crippen LogP contribution in [0.4, 0.5) is 18.9 Å². The smallest absolute Gasteiger partial charge is 0.387 e. The minimum atomic E-state index is -4.91. The molecule has 1 aromatic rings. The summed E-state index contributed by atoms with van der Waals surface area (Å²) < 4.78 is 45.3. The molecular weight excluding hydrogens is 383 g/mol. The van der Waals surface area contributed by atoms with Gasteiger partial charge in [-0.15, -0.1) is 0 Å². The molecule has 0 aliphatic carbocycles. The number of imide groups is 1. The first-order valence-corrected chi connectivity index (χ1v) is 8.29. The Kier molecular flexibility index (Phi) is 3.55. The van der Waals surface area contributed by atoms with Gasteiger partial charge in [0.05, 0.1) is 29.3 Å². The number of aliphatic hydroxyl groups excluding tert-OH is 2. The predicted octanol–water partition coefficient (Wildman–Crippen LogP) is 0.361. The Morgan fingerprint density at radius 3 is 2.11 bits per heavy atom. The van der Waals surface area contributed by atoms with Gasteiger partial charge in [-0.05, 0) is 19.9 Å². The van der Waals surface area contributed by atoms with E-state index in [-0.39, 0.29) is 0 Å². The summed E-state index contributed by atoms with van der Waals surface area (Å²) in [5.41, 5.74) is -5.82. The van der Waals surface area contributed by atoms with Crippen LogP contribution in [-0.4, -0.2) is 50.4 Å². The van der Waals surface area contributed by atoms with E-state index in [9.17, 15) is 33.0 Å². The lowest BCUT2D eigenvalue weighted by atomic mass is 9.66. The maximum atomic E-state index is 13.2. The molecule has 11 heteroatoms. The van der Waals surface area contributed by atoms with Gasteiger partial charge in [0.1, 0.15) is 29.5 Å². The largest absolute Gasteiger partial charge is 0.419 e. The van der Waals surface area contributed by atoms with Gasteiger partial charge >= 0.3 is 6.18 Å². The van der Waals surface area contributed by atoms with Crippen LogP contribution >= 0.6 is 0 Å². The molecule has 1 aromatic heterocycles. The summed E-state index contributed by atoms with van der Waals surface area (Å²) in [6.07, 6.45) is -6.96. The lowest BCUT2D eigenvalue weighted by Gasteiger charge is -2.35. The highest BCUT2D eigenvalue weighted by molar-refractivity contribution is 6.23. The van der Waals surface area contributed by atoms with Crippen molar-refractivity contribution in [3.8, 4) is 6.07 Å². The number of rotatable bonds is 1. The van der Waals surface area contributed by atoms with Crippen molar-refractivity contribution in [3.63, 3.8) is 0 Å². The Morgan fingerprint density at radius 2 is 1.68 bits per heavy atom. The van der Waals surface area contributed by atoms with Gasteiger partial charge in [0.2, 0.25) is 11.8 Å². The second kappa shape index (κ2) is 5.28. The zero-order valence-corrected chi connectivity index (χ0v) is 14.6. The van der Waals surface area contributed by atoms with Crippen molar-refractivity contribution < 1.29 is 37.7 Å². The van der Waals surface area contributed by atoms with Crippen LogP contribution in [0.2, 0.25) is 0 Å². The molecule has 0 unspecified atom stereocenters. The highest BCUT2D eigenvalue weighted by Crippen LogP contribution is 2.61. The molecule has 3 fully saturated rings. The van der Waals surface area contributed by atoms with Crippen LogP contribution in [0.25, 0.3) is 0 Å². The molecule has 8 nitrogen and oxygen atoms in total. The third-order valence-electron chi connectivity index (χ3n) is 6.00. The van der Waals surface area contributed by atoms with E-state index in [2.05, 4.69) is 4.98 Å². The van der Waals surface area contributed by atoms with E-state index in [0.29, 0.717) is 11.0 Å². The van der Waals surface area contributed by atoms with E-state index in [1.165, 1.54) is 19.9 Å². The zero-order valence-electron chi connectivity index (χ0n) is 14.6. The number of aromatic nitrogens is 1. The molecule has 0 spiro atoms. The van der Waals surface area contributed by atoms with E-state index in [0.717, 1.165) is 6.20 Å². The summed E-state index contributed by atoms with van der Waals surface area (Å²) in [5.74, 6) is -4.06. The summed E-state index contributed by atoms with van der Waals surface area (Å²) in [5, 5.41) is 29.4. The van der Waals surface area contributed by atoms with Crippen molar-refractivity contribution in [2.75, 3.05) is 4.90 Å². The van der Waals surface area contributed by atoms with Crippen LogP contribution in [-0.2, 0) is 20.5 Å². The first-order chi connectivity index (χ1) is 12.9. The van der Waals surface area contributed by atoms with E-state index < -0.39 is 70.2 Å². The van der Waals surface area contributed by atoms with Crippen LogP contribution in [0, 0.1) is 23.2 Å². The monoisotopic (exact) mass is 397 g/mol. The first kappa shape index (κ1) is 18.8. The number of ether oxygens (including phenoxy) is 1. The summed E-state index contributed by atoms with van der Waals surface area (Å²) in [6, 6.07) is 1.84. The minimum absolute atomic E-state index is 0.439. The van der Waals surface area contributed by atoms with E-state index >= 15 is 0 Å². The summed E-state index contributed by atoms with van der Waals surface area (Å²) in [4.78, 5) is 29.9. The number of pyridine rings is 1.